The fourth-order valence-electron chi connectivity index (χ4n) is 1.33. The third-order valence-corrected chi connectivity index (χ3v) is 2.20. The van der Waals surface area contributed by atoms with E-state index in [1.54, 1.807) is 18.5 Å². The van der Waals surface area contributed by atoms with Gasteiger partial charge in [-0.3, -0.25) is 4.79 Å². The third-order valence-electron chi connectivity index (χ3n) is 2.20. The summed E-state index contributed by atoms with van der Waals surface area (Å²) in [5, 5.41) is 0. The van der Waals surface area contributed by atoms with E-state index in [0.29, 0.717) is 24.9 Å². The van der Waals surface area contributed by atoms with Crippen LogP contribution in [0.4, 0.5) is 0 Å². The van der Waals surface area contributed by atoms with E-state index < -0.39 is 0 Å². The van der Waals surface area contributed by atoms with Gasteiger partial charge in [0, 0.05) is 25.4 Å². The predicted molar refractivity (Wildman–Crippen MR) is 57.0 cm³/mol. The Bertz CT molecular complexity index is 370. The number of esters is 2. The summed E-state index contributed by atoms with van der Waals surface area (Å²) in [5.74, 6) is -0.577. The van der Waals surface area contributed by atoms with Gasteiger partial charge in [0.15, 0.2) is 0 Å². The molecule has 1 aromatic heterocycles. The van der Waals surface area contributed by atoms with Crippen LogP contribution in [0.15, 0.2) is 18.5 Å². The number of ether oxygens (including phenoxy) is 2. The number of aryl methyl sites for hydroxylation is 1. The second kappa shape index (κ2) is 5.95. The van der Waals surface area contributed by atoms with Gasteiger partial charge in [-0.1, -0.05) is 0 Å². The summed E-state index contributed by atoms with van der Waals surface area (Å²) < 4.78 is 11.0. The zero-order chi connectivity index (χ0) is 12.0. The number of hydrogen-bond donors (Lipinski definition) is 0. The first-order valence-corrected chi connectivity index (χ1v) is 4.98. The molecular weight excluding hydrogens is 210 g/mol. The minimum Gasteiger partial charge on any atom is -0.469 e. The van der Waals surface area contributed by atoms with Gasteiger partial charge in [0.2, 0.25) is 0 Å². The third kappa shape index (κ3) is 3.42. The molecule has 0 saturated heterocycles. The minimum absolute atomic E-state index is 0.222. The highest BCUT2D eigenvalue weighted by Crippen LogP contribution is 2.05. The molecular formula is C11H15NO4. The normalized spacial score (nSPS) is 9.88. The van der Waals surface area contributed by atoms with Crippen molar-refractivity contribution in [2.75, 3.05) is 14.2 Å². The summed E-state index contributed by atoms with van der Waals surface area (Å²) in [4.78, 5) is 22.0. The van der Waals surface area contributed by atoms with Crippen LogP contribution in [0, 0.1) is 0 Å². The molecule has 88 valence electrons. The summed E-state index contributed by atoms with van der Waals surface area (Å²) in [6.07, 6.45) is 4.54. The van der Waals surface area contributed by atoms with Crippen molar-refractivity contribution in [1.29, 1.82) is 0 Å². The van der Waals surface area contributed by atoms with Crippen LogP contribution in [0.3, 0.4) is 0 Å². The van der Waals surface area contributed by atoms with E-state index in [1.165, 1.54) is 14.2 Å². The average Bonchev–Trinajstić information content (AvgIpc) is 2.76. The lowest BCUT2D eigenvalue weighted by atomic mass is 10.3. The van der Waals surface area contributed by atoms with Crippen LogP contribution < -0.4 is 0 Å². The number of aromatic nitrogens is 1. The molecule has 0 amide bonds. The van der Waals surface area contributed by atoms with Crippen molar-refractivity contribution in [2.24, 2.45) is 0 Å². The Hall–Kier alpha value is -1.78. The number of methoxy groups -OCH3 is 2. The van der Waals surface area contributed by atoms with Crippen LogP contribution in [-0.4, -0.2) is 30.7 Å². The van der Waals surface area contributed by atoms with Gasteiger partial charge in [-0.25, -0.2) is 4.79 Å². The summed E-state index contributed by atoms with van der Waals surface area (Å²) in [5.41, 5.74) is 0.514. The molecule has 5 heteroatoms. The van der Waals surface area contributed by atoms with E-state index >= 15 is 0 Å². The second-order valence-electron chi connectivity index (χ2n) is 3.31. The summed E-state index contributed by atoms with van der Waals surface area (Å²) >= 11 is 0. The van der Waals surface area contributed by atoms with Crippen LogP contribution in [0.25, 0.3) is 0 Å². The van der Waals surface area contributed by atoms with Gasteiger partial charge in [0.05, 0.1) is 19.8 Å². The van der Waals surface area contributed by atoms with Crippen molar-refractivity contribution in [3.63, 3.8) is 0 Å². The molecule has 1 aromatic rings. The van der Waals surface area contributed by atoms with Gasteiger partial charge in [0.25, 0.3) is 0 Å². The zero-order valence-corrected chi connectivity index (χ0v) is 9.43. The molecule has 0 radical (unpaired) electrons. The van der Waals surface area contributed by atoms with Crippen molar-refractivity contribution in [1.82, 2.24) is 4.57 Å². The van der Waals surface area contributed by atoms with E-state index in [4.69, 9.17) is 0 Å². The molecule has 0 spiro atoms. The quantitative estimate of drug-likeness (QED) is 0.707. The van der Waals surface area contributed by atoms with E-state index in [2.05, 4.69) is 9.47 Å². The zero-order valence-electron chi connectivity index (χ0n) is 9.43. The van der Waals surface area contributed by atoms with Crippen molar-refractivity contribution >= 4 is 11.9 Å². The van der Waals surface area contributed by atoms with E-state index in [-0.39, 0.29) is 11.9 Å². The molecule has 0 N–H and O–H groups in total. The monoisotopic (exact) mass is 225 g/mol. The molecule has 0 aromatic carbocycles. The maximum atomic E-state index is 11.1. The van der Waals surface area contributed by atoms with Gasteiger partial charge in [-0.15, -0.1) is 0 Å². The standard InChI is InChI=1S/C11H15NO4/c1-15-10(13)4-3-6-12-7-5-9(8-12)11(14)16-2/h5,7-8H,3-4,6H2,1-2H3. The lowest BCUT2D eigenvalue weighted by molar-refractivity contribution is -0.140. The van der Waals surface area contributed by atoms with Gasteiger partial charge in [0.1, 0.15) is 0 Å². The van der Waals surface area contributed by atoms with Crippen LogP contribution in [0.1, 0.15) is 23.2 Å². The van der Waals surface area contributed by atoms with Crippen molar-refractivity contribution in [3.8, 4) is 0 Å². The molecule has 0 saturated carbocycles. The lowest BCUT2D eigenvalue weighted by Crippen LogP contribution is -2.03. The number of hydrogen-bond acceptors (Lipinski definition) is 4. The molecule has 0 aliphatic rings. The van der Waals surface area contributed by atoms with E-state index in [0.717, 1.165) is 0 Å². The lowest BCUT2D eigenvalue weighted by Gasteiger charge is -2.01. The van der Waals surface area contributed by atoms with Crippen molar-refractivity contribution in [2.45, 2.75) is 19.4 Å². The SMILES string of the molecule is COC(=O)CCCn1ccc(C(=O)OC)c1. The van der Waals surface area contributed by atoms with Gasteiger partial charge < -0.3 is 14.0 Å². The number of rotatable bonds is 5. The average molecular weight is 225 g/mol. The molecule has 0 atom stereocenters. The maximum absolute atomic E-state index is 11.1. The first-order valence-electron chi connectivity index (χ1n) is 4.98. The Kier molecular flexibility index (Phi) is 4.57. The largest absolute Gasteiger partial charge is 0.469 e. The Labute approximate surface area is 94.0 Å². The first-order chi connectivity index (χ1) is 7.67. The molecule has 5 nitrogen and oxygen atoms in total. The smallest absolute Gasteiger partial charge is 0.339 e. The van der Waals surface area contributed by atoms with E-state index in [9.17, 15) is 9.59 Å². The highest BCUT2D eigenvalue weighted by Gasteiger charge is 2.07. The fraction of sp³-hybridized carbons (Fsp3) is 0.455. The Morgan fingerprint density at radius 2 is 2.06 bits per heavy atom. The molecule has 0 aliphatic heterocycles. The van der Waals surface area contributed by atoms with Gasteiger partial charge in [-0.2, -0.15) is 0 Å². The molecule has 0 bridgehead atoms. The fourth-order valence-corrected chi connectivity index (χ4v) is 1.33. The summed E-state index contributed by atoms with van der Waals surface area (Å²) in [6.45, 7) is 0.673. The van der Waals surface area contributed by atoms with Crippen LogP contribution >= 0.6 is 0 Å². The molecule has 0 aliphatic carbocycles. The van der Waals surface area contributed by atoms with Crippen molar-refractivity contribution in [3.05, 3.63) is 24.0 Å². The first kappa shape index (κ1) is 12.3. The topological polar surface area (TPSA) is 57.5 Å². The van der Waals surface area contributed by atoms with Crippen LogP contribution in [-0.2, 0) is 20.8 Å². The molecule has 1 rings (SSSR count). The Morgan fingerprint density at radius 1 is 1.31 bits per heavy atom. The van der Waals surface area contributed by atoms with Gasteiger partial charge >= 0.3 is 11.9 Å². The summed E-state index contributed by atoms with van der Waals surface area (Å²) in [7, 11) is 2.71. The summed E-state index contributed by atoms with van der Waals surface area (Å²) in [6, 6.07) is 1.68. The molecule has 0 unspecified atom stereocenters. The molecule has 1 heterocycles. The van der Waals surface area contributed by atoms with Crippen LogP contribution in [0.2, 0.25) is 0 Å². The van der Waals surface area contributed by atoms with Crippen molar-refractivity contribution < 1.29 is 19.1 Å². The minimum atomic E-state index is -0.355. The molecule has 0 fully saturated rings. The Morgan fingerprint density at radius 3 is 2.69 bits per heavy atom. The van der Waals surface area contributed by atoms with Gasteiger partial charge in [-0.05, 0) is 12.5 Å². The highest BCUT2D eigenvalue weighted by atomic mass is 16.5. The number of nitrogens with zero attached hydrogens (tertiary/aromatic N) is 1. The number of carbonyl (C=O) groups is 2. The Balaban J connectivity index is 2.41. The maximum Gasteiger partial charge on any atom is 0.339 e. The van der Waals surface area contributed by atoms with Crippen LogP contribution in [0.5, 0.6) is 0 Å². The second-order valence-corrected chi connectivity index (χ2v) is 3.31. The highest BCUT2D eigenvalue weighted by molar-refractivity contribution is 5.89. The van der Waals surface area contributed by atoms with E-state index in [1.807, 2.05) is 4.57 Å². The predicted octanol–water partition coefficient (Wildman–Crippen LogP) is 1.23. The molecule has 16 heavy (non-hydrogen) atoms. The number of carbonyl (C=O) groups excluding carboxylic acids is 2.